The van der Waals surface area contributed by atoms with Gasteiger partial charge in [-0.25, -0.2) is 4.79 Å². The average molecular weight is 489 g/mol. The molecule has 36 heavy (non-hydrogen) atoms. The van der Waals surface area contributed by atoms with Crippen LogP contribution >= 0.6 is 0 Å². The number of urea groups is 1. The van der Waals surface area contributed by atoms with Gasteiger partial charge in [0.15, 0.2) is 0 Å². The first-order valence-corrected chi connectivity index (χ1v) is 13.0. The molecule has 1 fully saturated rings. The summed E-state index contributed by atoms with van der Waals surface area (Å²) in [5.41, 5.74) is 3.32. The third-order valence-corrected chi connectivity index (χ3v) is 7.40. The second-order valence-electron chi connectivity index (χ2n) is 10.5. The number of fused-ring (bicyclic) bond motifs is 4. The normalized spacial score (nSPS) is 21.4. The lowest BCUT2D eigenvalue weighted by molar-refractivity contribution is -0.133. The summed E-state index contributed by atoms with van der Waals surface area (Å²) < 4.78 is 5.77. The van der Waals surface area contributed by atoms with Crippen molar-refractivity contribution < 1.29 is 14.3 Å². The first-order chi connectivity index (χ1) is 17.3. The lowest BCUT2D eigenvalue weighted by Crippen LogP contribution is -2.53. The van der Waals surface area contributed by atoms with E-state index in [0.29, 0.717) is 38.5 Å². The Morgan fingerprint density at radius 3 is 2.67 bits per heavy atom. The molecule has 7 heteroatoms. The molecule has 1 aromatic heterocycles. The van der Waals surface area contributed by atoms with Crippen LogP contribution in [0.3, 0.4) is 0 Å². The fourth-order valence-electron chi connectivity index (χ4n) is 5.72. The molecule has 1 unspecified atom stereocenters. The molecule has 5 rings (SSSR count). The topological polar surface area (TPSA) is 77.7 Å². The van der Waals surface area contributed by atoms with Crippen LogP contribution in [-0.2, 0) is 17.6 Å². The number of aromatic amines is 1. The quantitative estimate of drug-likeness (QED) is 0.339. The molecule has 2 atom stereocenters. The fourth-order valence-corrected chi connectivity index (χ4v) is 5.72. The van der Waals surface area contributed by atoms with Crippen molar-refractivity contribution >= 4 is 22.8 Å². The van der Waals surface area contributed by atoms with E-state index in [1.54, 1.807) is 0 Å². The molecule has 0 spiro atoms. The first kappa shape index (κ1) is 24.4. The van der Waals surface area contributed by atoms with E-state index in [-0.39, 0.29) is 18.0 Å². The van der Waals surface area contributed by atoms with Gasteiger partial charge in [0.1, 0.15) is 11.3 Å². The maximum absolute atomic E-state index is 13.8. The monoisotopic (exact) mass is 488 g/mol. The molecule has 0 aliphatic carbocycles. The van der Waals surface area contributed by atoms with Crippen molar-refractivity contribution in [2.75, 3.05) is 26.2 Å². The number of amides is 3. The number of rotatable bonds is 9. The molecule has 2 aliphatic rings. The Kier molecular flexibility index (Phi) is 6.51. The van der Waals surface area contributed by atoms with Crippen LogP contribution in [-0.4, -0.2) is 58.5 Å². The van der Waals surface area contributed by atoms with Gasteiger partial charge in [-0.05, 0) is 62.1 Å². The highest BCUT2D eigenvalue weighted by Gasteiger charge is 2.59. The van der Waals surface area contributed by atoms with Crippen molar-refractivity contribution in [3.8, 4) is 5.75 Å². The van der Waals surface area contributed by atoms with E-state index >= 15 is 0 Å². The maximum Gasteiger partial charge on any atom is 0.328 e. The number of H-pyrrole nitrogens is 1. The van der Waals surface area contributed by atoms with Crippen LogP contribution in [0.5, 0.6) is 5.75 Å². The number of benzene rings is 2. The summed E-state index contributed by atoms with van der Waals surface area (Å²) in [4.78, 5) is 34.6. The predicted octanol–water partition coefficient (Wildman–Crippen LogP) is 4.68. The van der Waals surface area contributed by atoms with E-state index in [9.17, 15) is 9.59 Å². The van der Waals surface area contributed by atoms with Gasteiger partial charge in [0.2, 0.25) is 0 Å². The first-order valence-electron chi connectivity index (χ1n) is 13.0. The third-order valence-electron chi connectivity index (χ3n) is 7.40. The number of ether oxygens (including phenoxy) is 1. The zero-order chi connectivity index (χ0) is 25.4. The van der Waals surface area contributed by atoms with E-state index in [2.05, 4.69) is 42.3 Å². The standard InChI is InChI=1S/C29H36N4O3/c1-5-36-21-11-12-24-22(16-21)23-17-29(4)27(34)32(14-13-30-18-19(2)3)28(35)33(29)25(26(23)31-24)15-20-9-7-6-8-10-20/h6-12,16,19,25,30-31H,5,13-15,17-18H2,1-4H3/t25?,29-/m0/s1. The molecule has 2 aliphatic heterocycles. The highest BCUT2D eigenvalue weighted by atomic mass is 16.5. The van der Waals surface area contributed by atoms with Crippen molar-refractivity contribution in [1.82, 2.24) is 20.1 Å². The number of nitrogens with zero attached hydrogens (tertiary/aromatic N) is 2. The summed E-state index contributed by atoms with van der Waals surface area (Å²) in [6.45, 7) is 10.6. The SMILES string of the molecule is CCOc1ccc2[nH]c3c(c2c1)C[C@@]1(C)C(=O)N(CCNCC(C)C)C(=O)N1C3Cc1ccccc1. The number of carbonyl (C=O) groups is 2. The second kappa shape index (κ2) is 9.62. The van der Waals surface area contributed by atoms with Gasteiger partial charge in [0.25, 0.3) is 5.91 Å². The van der Waals surface area contributed by atoms with Gasteiger partial charge in [-0.2, -0.15) is 0 Å². The lowest BCUT2D eigenvalue weighted by Gasteiger charge is -2.42. The van der Waals surface area contributed by atoms with Crippen molar-refractivity contribution in [3.05, 3.63) is 65.4 Å². The molecule has 3 aromatic rings. The minimum absolute atomic E-state index is 0.113. The average Bonchev–Trinajstić information content (AvgIpc) is 3.30. The van der Waals surface area contributed by atoms with Crippen molar-refractivity contribution in [2.45, 2.75) is 52.1 Å². The number of nitrogens with one attached hydrogen (secondary N) is 2. The van der Waals surface area contributed by atoms with Gasteiger partial charge in [-0.3, -0.25) is 9.69 Å². The van der Waals surface area contributed by atoms with Crippen LogP contribution in [0.2, 0.25) is 0 Å². The van der Waals surface area contributed by atoms with Crippen molar-refractivity contribution in [3.63, 3.8) is 0 Å². The summed E-state index contributed by atoms with van der Waals surface area (Å²) in [5, 5.41) is 4.43. The van der Waals surface area contributed by atoms with Gasteiger partial charge >= 0.3 is 6.03 Å². The van der Waals surface area contributed by atoms with Crippen LogP contribution in [0.4, 0.5) is 4.79 Å². The zero-order valence-corrected chi connectivity index (χ0v) is 21.6. The molecule has 7 nitrogen and oxygen atoms in total. The summed E-state index contributed by atoms with van der Waals surface area (Å²) >= 11 is 0. The van der Waals surface area contributed by atoms with E-state index < -0.39 is 5.54 Å². The summed E-state index contributed by atoms with van der Waals surface area (Å²) in [5.74, 6) is 1.21. The molecule has 3 amide bonds. The molecule has 2 N–H and O–H groups in total. The van der Waals surface area contributed by atoms with E-state index in [0.717, 1.165) is 40.0 Å². The molecule has 0 saturated carbocycles. The minimum Gasteiger partial charge on any atom is -0.494 e. The molecule has 1 saturated heterocycles. The number of hydrogen-bond acceptors (Lipinski definition) is 4. The molecule has 2 aromatic carbocycles. The molecule has 0 radical (unpaired) electrons. The lowest BCUT2D eigenvalue weighted by atomic mass is 9.81. The zero-order valence-electron chi connectivity index (χ0n) is 21.6. The maximum atomic E-state index is 13.8. The van der Waals surface area contributed by atoms with Crippen LogP contribution in [0.1, 0.15) is 50.6 Å². The highest BCUT2D eigenvalue weighted by molar-refractivity contribution is 6.08. The van der Waals surface area contributed by atoms with Crippen LogP contribution in [0, 0.1) is 5.92 Å². The Balaban J connectivity index is 1.55. The van der Waals surface area contributed by atoms with Gasteiger partial charge in [0.05, 0.1) is 12.6 Å². The second-order valence-corrected chi connectivity index (χ2v) is 10.5. The Hall–Kier alpha value is -3.32. The number of carbonyl (C=O) groups excluding carboxylic acids is 2. The molecular formula is C29H36N4O3. The van der Waals surface area contributed by atoms with Crippen molar-refractivity contribution in [1.29, 1.82) is 0 Å². The number of imide groups is 1. The molecule has 0 bridgehead atoms. The summed E-state index contributed by atoms with van der Waals surface area (Å²) in [6.07, 6.45) is 1.11. The van der Waals surface area contributed by atoms with Crippen LogP contribution in [0.15, 0.2) is 48.5 Å². The number of aromatic nitrogens is 1. The largest absolute Gasteiger partial charge is 0.494 e. The fraction of sp³-hybridized carbons (Fsp3) is 0.448. The van der Waals surface area contributed by atoms with Gasteiger partial charge in [-0.15, -0.1) is 0 Å². The van der Waals surface area contributed by atoms with Gasteiger partial charge in [-0.1, -0.05) is 44.2 Å². The Bertz CT molecular complexity index is 1270. The Morgan fingerprint density at radius 1 is 1.17 bits per heavy atom. The van der Waals surface area contributed by atoms with E-state index in [4.69, 9.17) is 4.74 Å². The highest BCUT2D eigenvalue weighted by Crippen LogP contribution is 2.47. The smallest absolute Gasteiger partial charge is 0.328 e. The molecular weight excluding hydrogens is 452 g/mol. The predicted molar refractivity (Wildman–Crippen MR) is 141 cm³/mol. The molecule has 190 valence electrons. The van der Waals surface area contributed by atoms with Crippen LogP contribution in [0.25, 0.3) is 10.9 Å². The van der Waals surface area contributed by atoms with Crippen LogP contribution < -0.4 is 10.1 Å². The van der Waals surface area contributed by atoms with Gasteiger partial charge in [0, 0.05) is 36.1 Å². The Morgan fingerprint density at radius 2 is 1.94 bits per heavy atom. The van der Waals surface area contributed by atoms with E-state index in [1.165, 1.54) is 4.90 Å². The summed E-state index contributed by atoms with van der Waals surface area (Å²) in [7, 11) is 0. The van der Waals surface area contributed by atoms with Crippen molar-refractivity contribution in [2.24, 2.45) is 5.92 Å². The van der Waals surface area contributed by atoms with Gasteiger partial charge < -0.3 is 19.9 Å². The summed E-state index contributed by atoms with van der Waals surface area (Å²) in [6, 6.07) is 15.8. The van der Waals surface area contributed by atoms with E-state index in [1.807, 2.05) is 49.1 Å². The third kappa shape index (κ3) is 4.15. The number of hydrogen-bond donors (Lipinski definition) is 2. The minimum atomic E-state index is -0.932. The molecule has 3 heterocycles. The Labute approximate surface area is 212 Å².